The maximum atomic E-state index is 11.9. The summed E-state index contributed by atoms with van der Waals surface area (Å²) >= 11 is 0. The Kier molecular flexibility index (Phi) is 3.81. The number of hydrogen-bond acceptors (Lipinski definition) is 3. The molecule has 5 nitrogen and oxygen atoms in total. The summed E-state index contributed by atoms with van der Waals surface area (Å²) in [7, 11) is 1.89. The second-order valence-corrected chi connectivity index (χ2v) is 4.33. The predicted molar refractivity (Wildman–Crippen MR) is 65.1 cm³/mol. The topological polar surface area (TPSA) is 55.3 Å². The van der Waals surface area contributed by atoms with Gasteiger partial charge in [0.15, 0.2) is 0 Å². The van der Waals surface area contributed by atoms with E-state index in [2.05, 4.69) is 10.6 Å². The van der Waals surface area contributed by atoms with Crippen LogP contribution in [0.5, 0.6) is 0 Å². The lowest BCUT2D eigenvalue weighted by molar-refractivity contribution is 0.0286. The summed E-state index contributed by atoms with van der Waals surface area (Å²) in [5, 5.41) is 6.13. The van der Waals surface area contributed by atoms with Crippen LogP contribution in [0.3, 0.4) is 0 Å². The summed E-state index contributed by atoms with van der Waals surface area (Å²) in [6, 6.07) is 3.78. The molecule has 2 rings (SSSR count). The Balaban J connectivity index is 1.86. The van der Waals surface area contributed by atoms with E-state index in [0.29, 0.717) is 18.8 Å². The zero-order valence-corrected chi connectivity index (χ0v) is 10.3. The van der Waals surface area contributed by atoms with Crippen molar-refractivity contribution >= 4 is 5.91 Å². The Morgan fingerprint density at radius 1 is 1.65 bits per heavy atom. The average Bonchev–Trinajstić information content (AvgIpc) is 2.69. The van der Waals surface area contributed by atoms with Crippen molar-refractivity contribution in [3.63, 3.8) is 0 Å². The van der Waals surface area contributed by atoms with Gasteiger partial charge in [-0.1, -0.05) is 0 Å². The molecule has 94 valence electrons. The van der Waals surface area contributed by atoms with E-state index in [9.17, 15) is 4.79 Å². The second kappa shape index (κ2) is 5.33. The van der Waals surface area contributed by atoms with E-state index < -0.39 is 0 Å². The van der Waals surface area contributed by atoms with Crippen LogP contribution in [0.4, 0.5) is 0 Å². The molecule has 1 saturated heterocycles. The first kappa shape index (κ1) is 12.1. The molecule has 2 heterocycles. The fourth-order valence-electron chi connectivity index (χ4n) is 1.89. The number of carbonyl (C=O) groups excluding carboxylic acids is 1. The van der Waals surface area contributed by atoms with Crippen molar-refractivity contribution in [2.24, 2.45) is 7.05 Å². The van der Waals surface area contributed by atoms with Crippen molar-refractivity contribution in [1.82, 2.24) is 15.2 Å². The number of hydrogen-bond donors (Lipinski definition) is 2. The van der Waals surface area contributed by atoms with E-state index in [0.717, 1.165) is 18.8 Å². The first-order valence-corrected chi connectivity index (χ1v) is 5.91. The molecular weight excluding hydrogens is 218 g/mol. The van der Waals surface area contributed by atoms with Gasteiger partial charge in [0.1, 0.15) is 5.69 Å². The monoisotopic (exact) mass is 237 g/mol. The molecule has 0 bridgehead atoms. The highest BCUT2D eigenvalue weighted by Gasteiger charge is 2.16. The summed E-state index contributed by atoms with van der Waals surface area (Å²) < 4.78 is 7.40. The first-order valence-electron chi connectivity index (χ1n) is 5.91. The van der Waals surface area contributed by atoms with E-state index in [1.54, 1.807) is 0 Å². The number of amides is 1. The average molecular weight is 237 g/mol. The lowest BCUT2D eigenvalue weighted by Crippen LogP contribution is -2.45. The lowest BCUT2D eigenvalue weighted by atomic mass is 10.3. The molecule has 0 saturated carbocycles. The molecule has 0 radical (unpaired) electrons. The van der Waals surface area contributed by atoms with Gasteiger partial charge in [-0.3, -0.25) is 4.79 Å². The molecule has 1 unspecified atom stereocenters. The molecule has 0 spiro atoms. The maximum absolute atomic E-state index is 11.9. The third-order valence-electron chi connectivity index (χ3n) is 3.10. The van der Waals surface area contributed by atoms with Gasteiger partial charge in [0, 0.05) is 32.4 Å². The highest BCUT2D eigenvalue weighted by molar-refractivity contribution is 5.92. The van der Waals surface area contributed by atoms with Crippen LogP contribution in [-0.4, -0.2) is 42.8 Å². The van der Waals surface area contributed by atoms with Crippen molar-refractivity contribution < 1.29 is 9.53 Å². The van der Waals surface area contributed by atoms with Crippen molar-refractivity contribution in [1.29, 1.82) is 0 Å². The maximum Gasteiger partial charge on any atom is 0.267 e. The van der Waals surface area contributed by atoms with E-state index in [-0.39, 0.29) is 12.0 Å². The minimum absolute atomic E-state index is 0.0465. The molecule has 0 aliphatic carbocycles. The molecule has 1 amide bonds. The summed E-state index contributed by atoms with van der Waals surface area (Å²) in [6.45, 7) is 4.93. The van der Waals surface area contributed by atoms with E-state index >= 15 is 0 Å². The third-order valence-corrected chi connectivity index (χ3v) is 3.10. The Labute approximate surface area is 101 Å². The van der Waals surface area contributed by atoms with E-state index in [1.165, 1.54) is 0 Å². The van der Waals surface area contributed by atoms with Gasteiger partial charge in [0.25, 0.3) is 5.91 Å². The number of nitrogens with zero attached hydrogens (tertiary/aromatic N) is 1. The van der Waals surface area contributed by atoms with Crippen LogP contribution < -0.4 is 10.6 Å². The molecule has 1 atom stereocenters. The van der Waals surface area contributed by atoms with Crippen molar-refractivity contribution in [3.05, 3.63) is 23.5 Å². The lowest BCUT2D eigenvalue weighted by Gasteiger charge is -2.23. The second-order valence-electron chi connectivity index (χ2n) is 4.33. The van der Waals surface area contributed by atoms with E-state index in [1.807, 2.05) is 30.7 Å². The number of aryl methyl sites for hydroxylation is 1. The quantitative estimate of drug-likeness (QED) is 0.781. The molecule has 0 aromatic carbocycles. The molecule has 1 aliphatic rings. The standard InChI is InChI=1S/C12H19N3O2/c1-9-3-4-11(15(9)2)12(16)14-8-10-7-13-5-6-17-10/h3-4,10,13H,5-8H2,1-2H3,(H,14,16). The third kappa shape index (κ3) is 2.87. The van der Waals surface area contributed by atoms with Crippen LogP contribution in [0.1, 0.15) is 16.2 Å². The predicted octanol–water partition coefficient (Wildman–Crippen LogP) is 0.0517. The fraction of sp³-hybridized carbons (Fsp3) is 0.583. The van der Waals surface area contributed by atoms with Gasteiger partial charge >= 0.3 is 0 Å². The number of nitrogens with one attached hydrogen (secondary N) is 2. The van der Waals surface area contributed by atoms with Crippen LogP contribution in [0.2, 0.25) is 0 Å². The Morgan fingerprint density at radius 2 is 2.47 bits per heavy atom. The summed E-state index contributed by atoms with van der Waals surface area (Å²) in [5.74, 6) is -0.0465. The van der Waals surface area contributed by atoms with Crippen molar-refractivity contribution in [2.45, 2.75) is 13.0 Å². The molecule has 2 N–H and O–H groups in total. The van der Waals surface area contributed by atoms with E-state index in [4.69, 9.17) is 4.74 Å². The molecule has 1 aromatic rings. The summed E-state index contributed by atoms with van der Waals surface area (Å²) in [6.07, 6.45) is 0.0778. The number of ether oxygens (including phenoxy) is 1. The molecule has 1 fully saturated rings. The van der Waals surface area contributed by atoms with Crippen LogP contribution in [0.15, 0.2) is 12.1 Å². The van der Waals surface area contributed by atoms with Gasteiger partial charge in [-0.15, -0.1) is 0 Å². The van der Waals surface area contributed by atoms with Crippen LogP contribution in [0, 0.1) is 6.92 Å². The molecule has 1 aromatic heterocycles. The Hall–Kier alpha value is -1.33. The number of carbonyl (C=O) groups is 1. The number of aromatic nitrogens is 1. The van der Waals surface area contributed by atoms with Gasteiger partial charge < -0.3 is 19.9 Å². The normalized spacial score (nSPS) is 20.2. The fourth-order valence-corrected chi connectivity index (χ4v) is 1.89. The zero-order valence-electron chi connectivity index (χ0n) is 10.3. The molecule has 5 heteroatoms. The molecule has 17 heavy (non-hydrogen) atoms. The minimum Gasteiger partial charge on any atom is -0.374 e. The smallest absolute Gasteiger partial charge is 0.267 e. The van der Waals surface area contributed by atoms with Crippen LogP contribution in [-0.2, 0) is 11.8 Å². The van der Waals surface area contributed by atoms with Crippen molar-refractivity contribution in [2.75, 3.05) is 26.2 Å². The van der Waals surface area contributed by atoms with Crippen LogP contribution >= 0.6 is 0 Å². The van der Waals surface area contributed by atoms with Gasteiger partial charge in [-0.25, -0.2) is 0 Å². The highest BCUT2D eigenvalue weighted by Crippen LogP contribution is 2.05. The number of rotatable bonds is 3. The molecular formula is C12H19N3O2. The SMILES string of the molecule is Cc1ccc(C(=O)NCC2CNCCO2)n1C. The largest absolute Gasteiger partial charge is 0.374 e. The van der Waals surface area contributed by atoms with Gasteiger partial charge in [0.05, 0.1) is 12.7 Å². The van der Waals surface area contributed by atoms with Gasteiger partial charge in [-0.2, -0.15) is 0 Å². The van der Waals surface area contributed by atoms with Gasteiger partial charge in [0.2, 0.25) is 0 Å². The van der Waals surface area contributed by atoms with Crippen molar-refractivity contribution in [3.8, 4) is 0 Å². The number of morpholine rings is 1. The van der Waals surface area contributed by atoms with Gasteiger partial charge in [-0.05, 0) is 19.1 Å². The zero-order chi connectivity index (χ0) is 12.3. The Morgan fingerprint density at radius 3 is 3.06 bits per heavy atom. The summed E-state index contributed by atoms with van der Waals surface area (Å²) in [4.78, 5) is 11.9. The Bertz CT molecular complexity index is 394. The minimum atomic E-state index is -0.0465. The molecule has 1 aliphatic heterocycles. The summed E-state index contributed by atoms with van der Waals surface area (Å²) in [5.41, 5.74) is 1.76. The highest BCUT2D eigenvalue weighted by atomic mass is 16.5. The van der Waals surface area contributed by atoms with Crippen LogP contribution in [0.25, 0.3) is 0 Å². The first-order chi connectivity index (χ1) is 8.18.